The number of fused-ring (bicyclic) bond motifs is 1. The van der Waals surface area contributed by atoms with E-state index in [1.54, 1.807) is 6.07 Å². The van der Waals surface area contributed by atoms with Gasteiger partial charge >= 0.3 is 0 Å². The zero-order valence-electron chi connectivity index (χ0n) is 13.8. The Bertz CT molecular complexity index is 727. The summed E-state index contributed by atoms with van der Waals surface area (Å²) in [5.74, 6) is 1.29. The maximum Gasteiger partial charge on any atom is 0.270 e. The van der Waals surface area contributed by atoms with Gasteiger partial charge in [0.2, 0.25) is 0 Å². The van der Waals surface area contributed by atoms with E-state index in [0.717, 1.165) is 25.3 Å². The molecule has 1 aliphatic rings. The van der Waals surface area contributed by atoms with Crippen molar-refractivity contribution in [1.29, 1.82) is 0 Å². The third kappa shape index (κ3) is 3.50. The first-order chi connectivity index (χ1) is 11.0. The SMILES string of the molecule is Cc1nc(C(=O)NC(C)C)cc(N2CCc3ccccc3C2)n1. The van der Waals surface area contributed by atoms with Gasteiger partial charge in [-0.2, -0.15) is 0 Å². The first-order valence-electron chi connectivity index (χ1n) is 8.01. The van der Waals surface area contributed by atoms with Gasteiger partial charge in [0.25, 0.3) is 5.91 Å². The second-order valence-corrected chi connectivity index (χ2v) is 6.23. The Morgan fingerprint density at radius 2 is 1.96 bits per heavy atom. The van der Waals surface area contributed by atoms with Gasteiger partial charge in [0.05, 0.1) is 0 Å². The third-order valence-corrected chi connectivity index (χ3v) is 3.93. The number of benzene rings is 1. The van der Waals surface area contributed by atoms with Crippen molar-refractivity contribution in [2.45, 2.75) is 39.8 Å². The molecule has 1 aliphatic heterocycles. The number of aromatic nitrogens is 2. The molecule has 0 atom stereocenters. The second-order valence-electron chi connectivity index (χ2n) is 6.23. The quantitative estimate of drug-likeness (QED) is 0.946. The molecule has 2 aromatic rings. The monoisotopic (exact) mass is 310 g/mol. The molecule has 1 amide bonds. The van der Waals surface area contributed by atoms with Gasteiger partial charge in [-0.15, -0.1) is 0 Å². The van der Waals surface area contributed by atoms with Crippen LogP contribution in [0.3, 0.4) is 0 Å². The van der Waals surface area contributed by atoms with Gasteiger partial charge in [0.15, 0.2) is 0 Å². The molecule has 23 heavy (non-hydrogen) atoms. The van der Waals surface area contributed by atoms with Crippen LogP contribution in [0.1, 0.15) is 41.3 Å². The first kappa shape index (κ1) is 15.5. The molecule has 1 aromatic carbocycles. The lowest BCUT2D eigenvalue weighted by Crippen LogP contribution is -2.33. The summed E-state index contributed by atoms with van der Waals surface area (Å²) in [5, 5.41) is 2.88. The largest absolute Gasteiger partial charge is 0.352 e. The van der Waals surface area contributed by atoms with E-state index < -0.39 is 0 Å². The van der Waals surface area contributed by atoms with Crippen LogP contribution < -0.4 is 10.2 Å². The molecule has 1 N–H and O–H groups in total. The Morgan fingerprint density at radius 3 is 2.70 bits per heavy atom. The van der Waals surface area contributed by atoms with Crippen molar-refractivity contribution in [2.75, 3.05) is 11.4 Å². The van der Waals surface area contributed by atoms with Crippen LogP contribution in [0.5, 0.6) is 0 Å². The fraction of sp³-hybridized carbons (Fsp3) is 0.389. The molecular formula is C18H22N4O. The van der Waals surface area contributed by atoms with Crippen LogP contribution in [0.25, 0.3) is 0 Å². The van der Waals surface area contributed by atoms with Gasteiger partial charge in [-0.1, -0.05) is 24.3 Å². The number of hydrogen-bond donors (Lipinski definition) is 1. The lowest BCUT2D eigenvalue weighted by molar-refractivity contribution is 0.0937. The molecule has 0 bridgehead atoms. The number of rotatable bonds is 3. The van der Waals surface area contributed by atoms with Crippen LogP contribution in [0.15, 0.2) is 30.3 Å². The zero-order chi connectivity index (χ0) is 16.4. The van der Waals surface area contributed by atoms with Gasteiger partial charge in [-0.25, -0.2) is 9.97 Å². The minimum atomic E-state index is -0.149. The second kappa shape index (κ2) is 6.36. The van der Waals surface area contributed by atoms with E-state index in [9.17, 15) is 4.79 Å². The van der Waals surface area contributed by atoms with E-state index in [0.29, 0.717) is 11.5 Å². The van der Waals surface area contributed by atoms with E-state index in [1.165, 1.54) is 11.1 Å². The van der Waals surface area contributed by atoms with Crippen molar-refractivity contribution in [1.82, 2.24) is 15.3 Å². The fourth-order valence-electron chi connectivity index (χ4n) is 2.86. The summed E-state index contributed by atoms with van der Waals surface area (Å²) in [6, 6.07) is 10.4. The molecule has 5 nitrogen and oxygen atoms in total. The van der Waals surface area contributed by atoms with Crippen molar-refractivity contribution >= 4 is 11.7 Å². The highest BCUT2D eigenvalue weighted by molar-refractivity contribution is 5.93. The number of amides is 1. The lowest BCUT2D eigenvalue weighted by Gasteiger charge is -2.30. The van der Waals surface area contributed by atoms with Crippen LogP contribution in [0.4, 0.5) is 5.82 Å². The summed E-state index contributed by atoms with van der Waals surface area (Å²) in [5.41, 5.74) is 3.15. The zero-order valence-corrected chi connectivity index (χ0v) is 13.8. The number of hydrogen-bond acceptors (Lipinski definition) is 4. The van der Waals surface area contributed by atoms with E-state index >= 15 is 0 Å². The molecule has 5 heteroatoms. The standard InChI is InChI=1S/C18H22N4O/c1-12(2)19-18(23)16-10-17(21-13(3)20-16)22-9-8-14-6-4-5-7-15(14)11-22/h4-7,10,12H,8-9,11H2,1-3H3,(H,19,23). The van der Waals surface area contributed by atoms with Crippen LogP contribution in [0.2, 0.25) is 0 Å². The molecule has 0 saturated carbocycles. The van der Waals surface area contributed by atoms with E-state index in [-0.39, 0.29) is 11.9 Å². The van der Waals surface area contributed by atoms with Gasteiger partial charge in [-0.3, -0.25) is 4.79 Å². The summed E-state index contributed by atoms with van der Waals surface area (Å²) in [4.78, 5) is 23.2. The molecule has 2 heterocycles. The molecule has 120 valence electrons. The van der Waals surface area contributed by atoms with Gasteiger partial charge in [0, 0.05) is 25.2 Å². The fourth-order valence-corrected chi connectivity index (χ4v) is 2.86. The number of nitrogens with one attached hydrogen (secondary N) is 1. The Balaban J connectivity index is 1.86. The summed E-state index contributed by atoms with van der Waals surface area (Å²) in [6.45, 7) is 7.42. The molecule has 0 radical (unpaired) electrons. The topological polar surface area (TPSA) is 58.1 Å². The van der Waals surface area contributed by atoms with Crippen molar-refractivity contribution in [3.05, 3.63) is 53.0 Å². The molecular weight excluding hydrogens is 288 g/mol. The smallest absolute Gasteiger partial charge is 0.270 e. The van der Waals surface area contributed by atoms with E-state index in [1.807, 2.05) is 20.8 Å². The van der Waals surface area contributed by atoms with Crippen LogP contribution in [-0.2, 0) is 13.0 Å². The summed E-state index contributed by atoms with van der Waals surface area (Å²) in [7, 11) is 0. The van der Waals surface area contributed by atoms with E-state index in [2.05, 4.69) is 44.5 Å². The van der Waals surface area contributed by atoms with Gasteiger partial charge < -0.3 is 10.2 Å². The van der Waals surface area contributed by atoms with Crippen LogP contribution in [-0.4, -0.2) is 28.5 Å². The summed E-state index contributed by atoms with van der Waals surface area (Å²) >= 11 is 0. The summed E-state index contributed by atoms with van der Waals surface area (Å²) in [6.07, 6.45) is 0.993. The average molecular weight is 310 g/mol. The first-order valence-corrected chi connectivity index (χ1v) is 8.01. The number of nitrogens with zero attached hydrogens (tertiary/aromatic N) is 3. The predicted molar refractivity (Wildman–Crippen MR) is 90.6 cm³/mol. The lowest BCUT2D eigenvalue weighted by atomic mass is 10.00. The maximum atomic E-state index is 12.2. The van der Waals surface area contributed by atoms with Gasteiger partial charge in [0.1, 0.15) is 17.3 Å². The minimum absolute atomic E-state index is 0.0862. The highest BCUT2D eigenvalue weighted by atomic mass is 16.1. The number of carbonyl (C=O) groups excluding carboxylic acids is 1. The summed E-state index contributed by atoms with van der Waals surface area (Å²) < 4.78 is 0. The highest BCUT2D eigenvalue weighted by Crippen LogP contribution is 2.23. The highest BCUT2D eigenvalue weighted by Gasteiger charge is 2.19. The van der Waals surface area contributed by atoms with Crippen molar-refractivity contribution in [3.8, 4) is 0 Å². The van der Waals surface area contributed by atoms with Crippen LogP contribution >= 0.6 is 0 Å². The average Bonchev–Trinajstić information content (AvgIpc) is 2.53. The minimum Gasteiger partial charge on any atom is -0.352 e. The molecule has 0 saturated heterocycles. The number of anilines is 1. The maximum absolute atomic E-state index is 12.2. The Kier molecular flexibility index (Phi) is 4.28. The predicted octanol–water partition coefficient (Wildman–Crippen LogP) is 2.49. The molecule has 3 rings (SSSR count). The van der Waals surface area contributed by atoms with E-state index in [4.69, 9.17) is 0 Å². The Labute approximate surface area is 136 Å². The number of aryl methyl sites for hydroxylation is 1. The molecule has 0 unspecified atom stereocenters. The Morgan fingerprint density at radius 1 is 1.22 bits per heavy atom. The van der Waals surface area contributed by atoms with Crippen molar-refractivity contribution in [3.63, 3.8) is 0 Å². The molecule has 0 aliphatic carbocycles. The normalized spacial score (nSPS) is 13.8. The molecule has 1 aromatic heterocycles. The molecule has 0 fully saturated rings. The van der Waals surface area contributed by atoms with Crippen molar-refractivity contribution in [2.24, 2.45) is 0 Å². The third-order valence-electron chi connectivity index (χ3n) is 3.93. The number of carbonyl (C=O) groups is 1. The van der Waals surface area contributed by atoms with Gasteiger partial charge in [-0.05, 0) is 38.3 Å². The molecule has 0 spiro atoms. The van der Waals surface area contributed by atoms with Crippen LogP contribution in [0, 0.1) is 6.92 Å². The Hall–Kier alpha value is -2.43. The van der Waals surface area contributed by atoms with Crippen molar-refractivity contribution < 1.29 is 4.79 Å².